The first kappa shape index (κ1) is 24.1. The molecule has 0 radical (unpaired) electrons. The molecule has 1 aromatic rings. The minimum Gasteiger partial charge on any atom is -0.466 e. The Bertz CT molecular complexity index is 695. The Labute approximate surface area is 170 Å². The minimum atomic E-state index is -1.07. The number of alkyl carbamates (subject to hydrolysis) is 1. The molecule has 0 aliphatic carbocycles. The monoisotopic (exact) mass is 407 g/mol. The maximum Gasteiger partial charge on any atom is 0.408 e. The van der Waals surface area contributed by atoms with Crippen LogP contribution in [0.3, 0.4) is 0 Å². The fraction of sp³-hybridized carbons (Fsp3) is 0.524. The van der Waals surface area contributed by atoms with E-state index in [0.717, 1.165) is 5.56 Å². The highest BCUT2D eigenvalue weighted by Crippen LogP contribution is 2.10. The molecule has 0 aliphatic heterocycles. The molecule has 0 unspecified atom stereocenters. The van der Waals surface area contributed by atoms with Crippen LogP contribution in [0, 0.1) is 0 Å². The molecule has 0 fully saturated rings. The first-order valence-corrected chi connectivity index (χ1v) is 9.48. The smallest absolute Gasteiger partial charge is 0.408 e. The third kappa shape index (κ3) is 10.9. The van der Waals surface area contributed by atoms with Gasteiger partial charge in [-0.25, -0.2) is 4.79 Å². The summed E-state index contributed by atoms with van der Waals surface area (Å²) < 4.78 is 15.1. The SMILES string of the molecule is CCOC(=O)CC(=O)[C@H](CCC(=O)OCc1ccccc1)NC(=O)OC(C)(C)C. The second-order valence-corrected chi connectivity index (χ2v) is 7.33. The van der Waals surface area contributed by atoms with Crippen molar-refractivity contribution in [2.24, 2.45) is 0 Å². The number of ether oxygens (including phenoxy) is 3. The van der Waals surface area contributed by atoms with Crippen molar-refractivity contribution in [3.05, 3.63) is 35.9 Å². The number of amides is 1. The summed E-state index contributed by atoms with van der Waals surface area (Å²) in [6.45, 7) is 6.93. The fourth-order valence-corrected chi connectivity index (χ4v) is 2.31. The van der Waals surface area contributed by atoms with E-state index in [4.69, 9.17) is 14.2 Å². The van der Waals surface area contributed by atoms with Gasteiger partial charge in [-0.1, -0.05) is 30.3 Å². The van der Waals surface area contributed by atoms with Gasteiger partial charge in [-0.3, -0.25) is 14.4 Å². The lowest BCUT2D eigenvalue weighted by Crippen LogP contribution is -2.44. The van der Waals surface area contributed by atoms with E-state index in [-0.39, 0.29) is 26.1 Å². The van der Waals surface area contributed by atoms with Gasteiger partial charge in [0.25, 0.3) is 0 Å². The van der Waals surface area contributed by atoms with Crippen LogP contribution in [0.2, 0.25) is 0 Å². The zero-order valence-electron chi connectivity index (χ0n) is 17.4. The Morgan fingerprint density at radius 3 is 2.24 bits per heavy atom. The van der Waals surface area contributed by atoms with Crippen molar-refractivity contribution in [2.45, 2.75) is 65.2 Å². The number of carbonyl (C=O) groups excluding carboxylic acids is 4. The molecule has 1 N–H and O–H groups in total. The average molecular weight is 407 g/mol. The van der Waals surface area contributed by atoms with Gasteiger partial charge in [0.15, 0.2) is 5.78 Å². The van der Waals surface area contributed by atoms with Crippen molar-refractivity contribution in [1.82, 2.24) is 5.32 Å². The van der Waals surface area contributed by atoms with Gasteiger partial charge < -0.3 is 19.5 Å². The van der Waals surface area contributed by atoms with Crippen LogP contribution in [0.15, 0.2) is 30.3 Å². The van der Waals surface area contributed by atoms with Crippen LogP contribution in [-0.2, 0) is 35.2 Å². The Morgan fingerprint density at radius 1 is 1.00 bits per heavy atom. The Morgan fingerprint density at radius 2 is 1.66 bits per heavy atom. The molecule has 29 heavy (non-hydrogen) atoms. The van der Waals surface area contributed by atoms with Crippen molar-refractivity contribution < 1.29 is 33.4 Å². The van der Waals surface area contributed by atoms with Gasteiger partial charge in [0.05, 0.1) is 12.6 Å². The van der Waals surface area contributed by atoms with Crippen LogP contribution in [0.1, 0.15) is 52.5 Å². The van der Waals surface area contributed by atoms with Gasteiger partial charge in [0.1, 0.15) is 18.6 Å². The van der Waals surface area contributed by atoms with Gasteiger partial charge >= 0.3 is 18.0 Å². The summed E-state index contributed by atoms with van der Waals surface area (Å²) in [7, 11) is 0. The van der Waals surface area contributed by atoms with Crippen LogP contribution in [0.25, 0.3) is 0 Å². The molecule has 160 valence electrons. The first-order valence-electron chi connectivity index (χ1n) is 9.48. The number of hydrogen-bond donors (Lipinski definition) is 1. The molecule has 8 heteroatoms. The lowest BCUT2D eigenvalue weighted by Gasteiger charge is -2.23. The molecule has 0 spiro atoms. The van der Waals surface area contributed by atoms with Gasteiger partial charge in [-0.05, 0) is 39.7 Å². The topological polar surface area (TPSA) is 108 Å². The second kappa shape index (κ2) is 11.8. The maximum atomic E-state index is 12.4. The number of rotatable bonds is 10. The zero-order chi connectivity index (χ0) is 21.9. The number of hydrogen-bond acceptors (Lipinski definition) is 7. The number of ketones is 1. The predicted octanol–water partition coefficient (Wildman–Crippen LogP) is 2.93. The van der Waals surface area contributed by atoms with Gasteiger partial charge in [0, 0.05) is 6.42 Å². The molecule has 0 bridgehead atoms. The molecule has 8 nitrogen and oxygen atoms in total. The highest BCUT2D eigenvalue weighted by Gasteiger charge is 2.27. The summed E-state index contributed by atoms with van der Waals surface area (Å²) in [4.78, 5) is 48.0. The molecule has 0 heterocycles. The summed E-state index contributed by atoms with van der Waals surface area (Å²) in [6, 6.07) is 8.09. The van der Waals surface area contributed by atoms with E-state index in [1.807, 2.05) is 30.3 Å². The molecule has 0 aliphatic rings. The normalized spacial score (nSPS) is 11.9. The van der Waals surface area contributed by atoms with Crippen molar-refractivity contribution in [1.29, 1.82) is 0 Å². The van der Waals surface area contributed by atoms with Crippen molar-refractivity contribution in [3.63, 3.8) is 0 Å². The summed E-state index contributed by atoms with van der Waals surface area (Å²) in [5.41, 5.74) is 0.0793. The molecule has 1 atom stereocenters. The van der Waals surface area contributed by atoms with Gasteiger partial charge in [0.2, 0.25) is 0 Å². The minimum absolute atomic E-state index is 0.0227. The van der Waals surface area contributed by atoms with E-state index in [1.54, 1.807) is 27.7 Å². The van der Waals surface area contributed by atoms with Gasteiger partial charge in [-0.2, -0.15) is 0 Å². The van der Waals surface area contributed by atoms with Crippen LogP contribution < -0.4 is 5.32 Å². The molecular weight excluding hydrogens is 378 g/mol. The predicted molar refractivity (Wildman–Crippen MR) is 105 cm³/mol. The third-order valence-electron chi connectivity index (χ3n) is 3.58. The van der Waals surface area contributed by atoms with E-state index < -0.39 is 41.9 Å². The van der Waals surface area contributed by atoms with E-state index in [2.05, 4.69) is 5.32 Å². The lowest BCUT2D eigenvalue weighted by atomic mass is 10.0. The first-order chi connectivity index (χ1) is 13.6. The number of benzene rings is 1. The van der Waals surface area contributed by atoms with Crippen LogP contribution in [0.4, 0.5) is 4.79 Å². The highest BCUT2D eigenvalue weighted by atomic mass is 16.6. The zero-order valence-corrected chi connectivity index (χ0v) is 17.4. The van der Waals surface area contributed by atoms with Crippen molar-refractivity contribution in [2.75, 3.05) is 6.61 Å². The number of carbonyl (C=O) groups is 4. The molecule has 1 rings (SSSR count). The van der Waals surface area contributed by atoms with E-state index in [1.165, 1.54) is 0 Å². The van der Waals surface area contributed by atoms with E-state index in [0.29, 0.717) is 0 Å². The summed E-state index contributed by atoms with van der Waals surface area (Å²) in [5.74, 6) is -1.78. The number of esters is 2. The summed E-state index contributed by atoms with van der Waals surface area (Å²) >= 11 is 0. The molecule has 0 saturated heterocycles. The highest BCUT2D eigenvalue weighted by molar-refractivity contribution is 5.99. The van der Waals surface area contributed by atoms with E-state index in [9.17, 15) is 19.2 Å². The summed E-state index contributed by atoms with van der Waals surface area (Å²) in [6.07, 6.45) is -1.45. The second-order valence-electron chi connectivity index (χ2n) is 7.33. The molecule has 1 aromatic carbocycles. The quantitative estimate of drug-likeness (QED) is 0.361. The van der Waals surface area contributed by atoms with Crippen LogP contribution in [0.5, 0.6) is 0 Å². The third-order valence-corrected chi connectivity index (χ3v) is 3.58. The van der Waals surface area contributed by atoms with Crippen LogP contribution >= 0.6 is 0 Å². The number of Topliss-reactive ketones (excluding diaryl/α,β-unsaturated/α-hetero) is 1. The summed E-state index contributed by atoms with van der Waals surface area (Å²) in [5, 5.41) is 2.42. The van der Waals surface area contributed by atoms with Gasteiger partial charge in [-0.15, -0.1) is 0 Å². The Hall–Kier alpha value is -2.90. The largest absolute Gasteiger partial charge is 0.466 e. The Kier molecular flexibility index (Phi) is 9.85. The average Bonchev–Trinajstić information content (AvgIpc) is 2.62. The number of nitrogens with one attached hydrogen (secondary N) is 1. The lowest BCUT2D eigenvalue weighted by molar-refractivity contribution is -0.146. The van der Waals surface area contributed by atoms with E-state index >= 15 is 0 Å². The fourth-order valence-electron chi connectivity index (χ4n) is 2.31. The molecular formula is C21H29NO7. The van der Waals surface area contributed by atoms with Crippen LogP contribution in [-0.4, -0.2) is 42.1 Å². The van der Waals surface area contributed by atoms with Crippen molar-refractivity contribution in [3.8, 4) is 0 Å². The molecule has 0 saturated carbocycles. The maximum absolute atomic E-state index is 12.4. The van der Waals surface area contributed by atoms with Crippen molar-refractivity contribution >= 4 is 23.8 Å². The standard InChI is InChI=1S/C21H29NO7/c1-5-27-19(25)13-17(23)16(22-20(26)29-21(2,3)4)11-12-18(24)28-14-15-9-7-6-8-10-15/h6-10,16H,5,11-14H2,1-4H3,(H,22,26)/t16-/m0/s1. The molecule has 1 amide bonds. The Balaban J connectivity index is 2.63. The molecule has 0 aromatic heterocycles.